The second-order valence-electron chi connectivity index (χ2n) is 7.34. The highest BCUT2D eigenvalue weighted by Crippen LogP contribution is 2.18. The number of unbranched alkanes of at least 4 members (excludes halogenated alkanes) is 12. The normalized spacial score (nSPS) is 12.3. The van der Waals surface area contributed by atoms with Gasteiger partial charge in [-0.2, -0.15) is 0 Å². The van der Waals surface area contributed by atoms with E-state index >= 15 is 0 Å². The van der Waals surface area contributed by atoms with Gasteiger partial charge in [-0.25, -0.2) is 0 Å². The minimum Gasteiger partial charge on any atom is -0.282 e. The first kappa shape index (κ1) is 24.2. The van der Waals surface area contributed by atoms with Gasteiger partial charge in [-0.05, 0) is 19.8 Å². The van der Waals surface area contributed by atoms with E-state index in [0.29, 0.717) is 11.9 Å². The minimum atomic E-state index is 0.332. The Balaban J connectivity index is 3.49. The van der Waals surface area contributed by atoms with Gasteiger partial charge in [0.05, 0.1) is 22.9 Å². The van der Waals surface area contributed by atoms with Gasteiger partial charge in [0.25, 0.3) is 0 Å². The summed E-state index contributed by atoms with van der Waals surface area (Å²) in [5.41, 5.74) is 0. The lowest BCUT2D eigenvalue weighted by atomic mass is 10.1. The van der Waals surface area contributed by atoms with E-state index in [2.05, 4.69) is 43.6 Å². The molecule has 0 heterocycles. The molecule has 144 valence electrons. The first-order chi connectivity index (χ1) is 11.6. The van der Waals surface area contributed by atoms with Crippen molar-refractivity contribution in [3.8, 4) is 0 Å². The fraction of sp³-hybridized carbons (Fsp3) is 0.952. The molecule has 1 amide bonds. The molecule has 0 bridgehead atoms. The van der Waals surface area contributed by atoms with Crippen LogP contribution in [-0.2, 0) is 4.79 Å². The Morgan fingerprint density at radius 1 is 0.750 bits per heavy atom. The topological polar surface area (TPSA) is 20.3 Å². The molecule has 0 aromatic rings. The number of rotatable bonds is 17. The third kappa shape index (κ3) is 14.5. The van der Waals surface area contributed by atoms with Crippen molar-refractivity contribution in [2.24, 2.45) is 0 Å². The maximum atomic E-state index is 12.2. The standard InChI is InChI=1S/C21H42INO/c1-4-6-8-10-11-12-13-14-15-17-19-21(24)23(22)20(3)18-16-9-7-5-2/h20H,4-19H2,1-3H3. The number of carbonyl (C=O) groups excluding carboxylic acids is 1. The highest BCUT2D eigenvalue weighted by atomic mass is 127. The minimum absolute atomic E-state index is 0.332. The summed E-state index contributed by atoms with van der Waals surface area (Å²) in [6.45, 7) is 6.70. The molecule has 1 unspecified atom stereocenters. The zero-order valence-electron chi connectivity index (χ0n) is 16.6. The van der Waals surface area contributed by atoms with Gasteiger partial charge < -0.3 is 0 Å². The second-order valence-corrected chi connectivity index (χ2v) is 8.37. The molecule has 2 nitrogen and oxygen atoms in total. The van der Waals surface area contributed by atoms with Crippen molar-refractivity contribution >= 4 is 28.8 Å². The molecule has 3 heteroatoms. The molecule has 1 atom stereocenters. The predicted octanol–water partition coefficient (Wildman–Crippen LogP) is 7.83. The first-order valence-electron chi connectivity index (χ1n) is 10.6. The lowest BCUT2D eigenvalue weighted by molar-refractivity contribution is -0.126. The van der Waals surface area contributed by atoms with Crippen LogP contribution in [0.1, 0.15) is 124 Å². The van der Waals surface area contributed by atoms with Crippen LogP contribution in [0.5, 0.6) is 0 Å². The molecule has 0 saturated heterocycles. The summed E-state index contributed by atoms with van der Waals surface area (Å²) in [5.74, 6) is 0.332. The monoisotopic (exact) mass is 451 g/mol. The van der Waals surface area contributed by atoms with Crippen molar-refractivity contribution < 1.29 is 4.79 Å². The molecule has 0 N–H and O–H groups in total. The fourth-order valence-electron chi connectivity index (χ4n) is 3.10. The maximum absolute atomic E-state index is 12.2. The Morgan fingerprint density at radius 2 is 1.17 bits per heavy atom. The van der Waals surface area contributed by atoms with Crippen LogP contribution in [0.15, 0.2) is 0 Å². The van der Waals surface area contributed by atoms with E-state index in [1.165, 1.54) is 83.5 Å². The number of carbonyl (C=O) groups is 1. The third-order valence-electron chi connectivity index (χ3n) is 4.84. The largest absolute Gasteiger partial charge is 0.282 e. The van der Waals surface area contributed by atoms with E-state index in [9.17, 15) is 4.79 Å². The summed E-state index contributed by atoms with van der Waals surface area (Å²) < 4.78 is 1.96. The van der Waals surface area contributed by atoms with Crippen molar-refractivity contribution in [1.82, 2.24) is 3.11 Å². The Morgan fingerprint density at radius 3 is 1.67 bits per heavy atom. The van der Waals surface area contributed by atoms with E-state index in [0.717, 1.165) is 19.3 Å². The summed E-state index contributed by atoms with van der Waals surface area (Å²) in [6, 6.07) is 0.387. The van der Waals surface area contributed by atoms with Gasteiger partial charge in [0, 0.05) is 12.5 Å². The van der Waals surface area contributed by atoms with Gasteiger partial charge >= 0.3 is 0 Å². The van der Waals surface area contributed by atoms with E-state index in [1.54, 1.807) is 0 Å². The van der Waals surface area contributed by atoms with Crippen LogP contribution in [0.3, 0.4) is 0 Å². The Bertz CT molecular complexity index is 283. The lowest BCUT2D eigenvalue weighted by Crippen LogP contribution is -2.29. The molecule has 0 aromatic heterocycles. The molecule has 24 heavy (non-hydrogen) atoms. The molecular weight excluding hydrogens is 409 g/mol. The van der Waals surface area contributed by atoms with Crippen LogP contribution >= 0.6 is 22.9 Å². The van der Waals surface area contributed by atoms with Gasteiger partial charge in [0.15, 0.2) is 0 Å². The number of amides is 1. The fourth-order valence-corrected chi connectivity index (χ4v) is 3.62. The molecule has 0 aromatic carbocycles. The Kier molecular flexibility index (Phi) is 18.2. The van der Waals surface area contributed by atoms with Gasteiger partial charge in [-0.1, -0.05) is 97.3 Å². The van der Waals surface area contributed by atoms with Crippen molar-refractivity contribution in [3.63, 3.8) is 0 Å². The molecular formula is C21H42INO. The first-order valence-corrected chi connectivity index (χ1v) is 11.6. The smallest absolute Gasteiger partial charge is 0.231 e. The summed E-state index contributed by atoms with van der Waals surface area (Å²) in [7, 11) is 0. The molecule has 0 saturated carbocycles. The van der Waals surface area contributed by atoms with Gasteiger partial charge in [0.2, 0.25) is 5.91 Å². The van der Waals surface area contributed by atoms with Crippen LogP contribution in [0.4, 0.5) is 0 Å². The summed E-state index contributed by atoms with van der Waals surface area (Å²) in [4.78, 5) is 12.2. The predicted molar refractivity (Wildman–Crippen MR) is 116 cm³/mol. The number of hydrogen-bond donors (Lipinski definition) is 0. The number of halogens is 1. The summed E-state index contributed by atoms with van der Waals surface area (Å²) in [6.07, 6.45) is 20.3. The molecule has 0 rings (SSSR count). The summed E-state index contributed by atoms with van der Waals surface area (Å²) >= 11 is 2.23. The van der Waals surface area contributed by atoms with Crippen LogP contribution in [0.25, 0.3) is 0 Å². The quantitative estimate of drug-likeness (QED) is 0.125. The average molecular weight is 451 g/mol. The van der Waals surface area contributed by atoms with Crippen LogP contribution in [0, 0.1) is 0 Å². The SMILES string of the molecule is CCCCCCCCCCCCC(=O)N(I)C(C)CCCCCC. The molecule has 0 aliphatic heterocycles. The van der Waals surface area contributed by atoms with Crippen LogP contribution in [0.2, 0.25) is 0 Å². The second kappa shape index (κ2) is 18.0. The third-order valence-corrected chi connectivity index (χ3v) is 6.33. The summed E-state index contributed by atoms with van der Waals surface area (Å²) in [5, 5.41) is 0. The van der Waals surface area contributed by atoms with Crippen molar-refractivity contribution in [3.05, 3.63) is 0 Å². The number of nitrogens with zero attached hydrogens (tertiary/aromatic N) is 1. The molecule has 0 aliphatic carbocycles. The van der Waals surface area contributed by atoms with E-state index < -0.39 is 0 Å². The highest BCUT2D eigenvalue weighted by molar-refractivity contribution is 14.1. The van der Waals surface area contributed by atoms with Crippen molar-refractivity contribution in [1.29, 1.82) is 0 Å². The van der Waals surface area contributed by atoms with E-state index in [4.69, 9.17) is 0 Å². The van der Waals surface area contributed by atoms with Gasteiger partial charge in [-0.15, -0.1) is 0 Å². The molecule has 0 radical (unpaired) electrons. The zero-order chi connectivity index (χ0) is 18.0. The lowest BCUT2D eigenvalue weighted by Gasteiger charge is -2.22. The average Bonchev–Trinajstić information content (AvgIpc) is 2.59. The maximum Gasteiger partial charge on any atom is 0.231 e. The van der Waals surface area contributed by atoms with E-state index in [-0.39, 0.29) is 0 Å². The van der Waals surface area contributed by atoms with Crippen molar-refractivity contribution in [2.75, 3.05) is 0 Å². The highest BCUT2D eigenvalue weighted by Gasteiger charge is 2.16. The molecule has 0 spiro atoms. The van der Waals surface area contributed by atoms with Crippen molar-refractivity contribution in [2.45, 2.75) is 130 Å². The van der Waals surface area contributed by atoms with Crippen LogP contribution < -0.4 is 0 Å². The Labute approximate surface area is 166 Å². The number of hydrogen-bond acceptors (Lipinski definition) is 1. The zero-order valence-corrected chi connectivity index (χ0v) is 18.8. The van der Waals surface area contributed by atoms with Crippen LogP contribution in [-0.4, -0.2) is 15.1 Å². The van der Waals surface area contributed by atoms with Gasteiger partial charge in [0.1, 0.15) is 0 Å². The molecule has 0 aliphatic rings. The Hall–Kier alpha value is 0.200. The molecule has 0 fully saturated rings. The van der Waals surface area contributed by atoms with E-state index in [1.807, 2.05) is 3.11 Å². The van der Waals surface area contributed by atoms with Gasteiger partial charge in [-0.3, -0.25) is 7.91 Å².